The van der Waals surface area contributed by atoms with Crippen LogP contribution in [0.4, 0.5) is 5.95 Å². The van der Waals surface area contributed by atoms with Crippen molar-refractivity contribution in [1.29, 1.82) is 0 Å². The highest BCUT2D eigenvalue weighted by Crippen LogP contribution is 2.39. The SMILES string of the molecule is CC(C)CN(Cn1nc(N2CCCCC2)n(C2CC2)c1=S)[C@H]1CCS(=O)(=O)C1. The summed E-state index contributed by atoms with van der Waals surface area (Å²) in [6.45, 7) is 7.90. The number of rotatable bonds is 7. The summed E-state index contributed by atoms with van der Waals surface area (Å²) in [6.07, 6.45) is 6.78. The van der Waals surface area contributed by atoms with Gasteiger partial charge in [-0.15, -0.1) is 5.10 Å². The average molecular weight is 428 g/mol. The zero-order valence-corrected chi connectivity index (χ0v) is 18.7. The molecule has 7 nitrogen and oxygen atoms in total. The molecule has 1 aromatic heterocycles. The maximum atomic E-state index is 12.0. The number of sulfone groups is 1. The van der Waals surface area contributed by atoms with E-state index in [0.717, 1.165) is 30.4 Å². The van der Waals surface area contributed by atoms with Crippen molar-refractivity contribution in [3.8, 4) is 0 Å². The smallest absolute Gasteiger partial charge is 0.226 e. The van der Waals surface area contributed by atoms with Crippen molar-refractivity contribution in [3.05, 3.63) is 4.77 Å². The number of hydrogen-bond acceptors (Lipinski definition) is 6. The molecule has 0 radical (unpaired) electrons. The fraction of sp³-hybridized carbons (Fsp3) is 0.895. The summed E-state index contributed by atoms with van der Waals surface area (Å²) in [5.41, 5.74) is 0. The molecule has 158 valence electrons. The Bertz CT molecular complexity index is 850. The maximum absolute atomic E-state index is 12.0. The summed E-state index contributed by atoms with van der Waals surface area (Å²) in [7, 11) is -2.91. The Morgan fingerprint density at radius 3 is 2.46 bits per heavy atom. The number of aromatic nitrogens is 3. The van der Waals surface area contributed by atoms with Crippen LogP contribution in [-0.2, 0) is 16.5 Å². The molecule has 1 aliphatic carbocycles. The van der Waals surface area contributed by atoms with Gasteiger partial charge in [0.15, 0.2) is 9.84 Å². The van der Waals surface area contributed by atoms with Crippen LogP contribution < -0.4 is 4.90 Å². The van der Waals surface area contributed by atoms with E-state index in [-0.39, 0.29) is 11.8 Å². The molecule has 4 rings (SSSR count). The molecule has 0 spiro atoms. The van der Waals surface area contributed by atoms with E-state index in [1.165, 1.54) is 32.1 Å². The molecule has 0 aromatic carbocycles. The van der Waals surface area contributed by atoms with E-state index in [2.05, 4.69) is 28.2 Å². The van der Waals surface area contributed by atoms with Crippen LogP contribution in [0.1, 0.15) is 58.4 Å². The van der Waals surface area contributed by atoms with Gasteiger partial charge in [-0.05, 0) is 56.7 Å². The lowest BCUT2D eigenvalue weighted by Gasteiger charge is -2.29. The van der Waals surface area contributed by atoms with E-state index in [9.17, 15) is 8.42 Å². The van der Waals surface area contributed by atoms with Gasteiger partial charge in [0, 0.05) is 31.7 Å². The molecule has 3 heterocycles. The van der Waals surface area contributed by atoms with Crippen molar-refractivity contribution >= 4 is 28.0 Å². The third-order valence-corrected chi connectivity index (χ3v) is 8.20. The van der Waals surface area contributed by atoms with E-state index >= 15 is 0 Å². The highest BCUT2D eigenvalue weighted by Gasteiger charge is 2.35. The van der Waals surface area contributed by atoms with Crippen LogP contribution in [0.25, 0.3) is 0 Å². The van der Waals surface area contributed by atoms with Crippen LogP contribution in [-0.4, -0.2) is 64.8 Å². The molecule has 9 heteroatoms. The van der Waals surface area contributed by atoms with E-state index < -0.39 is 9.84 Å². The minimum atomic E-state index is -2.91. The second kappa shape index (κ2) is 8.07. The Kier molecular flexibility index (Phi) is 5.86. The molecular formula is C19H33N5O2S2. The topological polar surface area (TPSA) is 63.4 Å². The van der Waals surface area contributed by atoms with Gasteiger partial charge in [0.05, 0.1) is 18.2 Å². The van der Waals surface area contributed by atoms with Gasteiger partial charge in [0.1, 0.15) is 0 Å². The van der Waals surface area contributed by atoms with E-state index in [0.29, 0.717) is 30.8 Å². The number of anilines is 1. The number of piperidine rings is 1. The average Bonchev–Trinajstić information content (AvgIpc) is 3.34. The highest BCUT2D eigenvalue weighted by molar-refractivity contribution is 7.91. The van der Waals surface area contributed by atoms with Crippen molar-refractivity contribution < 1.29 is 8.42 Å². The monoisotopic (exact) mass is 427 g/mol. The molecule has 2 aliphatic heterocycles. The van der Waals surface area contributed by atoms with Gasteiger partial charge in [-0.3, -0.25) is 9.47 Å². The van der Waals surface area contributed by atoms with Crippen LogP contribution in [0.15, 0.2) is 0 Å². The third kappa shape index (κ3) is 4.46. The first-order chi connectivity index (χ1) is 13.3. The Hall–Kier alpha value is -0.930. The van der Waals surface area contributed by atoms with Crippen molar-refractivity contribution in [2.45, 2.75) is 71.1 Å². The first-order valence-corrected chi connectivity index (χ1v) is 13.0. The molecule has 2 saturated heterocycles. The van der Waals surface area contributed by atoms with Gasteiger partial charge >= 0.3 is 0 Å². The second-order valence-electron chi connectivity index (χ2n) is 9.09. The predicted octanol–water partition coefficient (Wildman–Crippen LogP) is 2.84. The van der Waals surface area contributed by atoms with Crippen molar-refractivity contribution in [1.82, 2.24) is 19.2 Å². The Morgan fingerprint density at radius 1 is 1.18 bits per heavy atom. The molecule has 0 bridgehead atoms. The Labute approximate surface area is 173 Å². The van der Waals surface area contributed by atoms with E-state index in [1.807, 2.05) is 4.68 Å². The van der Waals surface area contributed by atoms with Crippen molar-refractivity contribution in [3.63, 3.8) is 0 Å². The number of hydrogen-bond donors (Lipinski definition) is 0. The van der Waals surface area contributed by atoms with Gasteiger partial charge in [0.25, 0.3) is 0 Å². The fourth-order valence-corrected chi connectivity index (χ4v) is 6.58. The zero-order chi connectivity index (χ0) is 19.9. The van der Waals surface area contributed by atoms with Gasteiger partial charge in [-0.2, -0.15) is 0 Å². The van der Waals surface area contributed by atoms with Crippen LogP contribution in [0, 0.1) is 10.7 Å². The normalized spacial score (nSPS) is 25.1. The van der Waals surface area contributed by atoms with Crippen LogP contribution in [0.3, 0.4) is 0 Å². The van der Waals surface area contributed by atoms with Crippen LogP contribution in [0.5, 0.6) is 0 Å². The van der Waals surface area contributed by atoms with Gasteiger partial charge in [-0.1, -0.05) is 13.8 Å². The maximum Gasteiger partial charge on any atom is 0.226 e. The summed E-state index contributed by atoms with van der Waals surface area (Å²) in [5, 5.41) is 4.96. The minimum absolute atomic E-state index is 0.0683. The lowest BCUT2D eigenvalue weighted by Crippen LogP contribution is -2.40. The van der Waals surface area contributed by atoms with Crippen LogP contribution >= 0.6 is 12.2 Å². The minimum Gasteiger partial charge on any atom is -0.341 e. The quantitative estimate of drug-likeness (QED) is 0.624. The molecule has 1 atom stereocenters. The summed E-state index contributed by atoms with van der Waals surface area (Å²) < 4.78 is 29.1. The summed E-state index contributed by atoms with van der Waals surface area (Å²) in [4.78, 5) is 4.68. The lowest BCUT2D eigenvalue weighted by molar-refractivity contribution is 0.137. The van der Waals surface area contributed by atoms with Crippen molar-refractivity contribution in [2.75, 3.05) is 36.0 Å². The molecule has 1 aromatic rings. The third-order valence-electron chi connectivity index (χ3n) is 6.04. The highest BCUT2D eigenvalue weighted by atomic mass is 32.2. The fourth-order valence-electron chi connectivity index (χ4n) is 4.49. The summed E-state index contributed by atoms with van der Waals surface area (Å²) in [6, 6.07) is 0.558. The van der Waals surface area contributed by atoms with Gasteiger partial charge in [0.2, 0.25) is 10.7 Å². The molecule has 3 aliphatic rings. The molecule has 0 N–H and O–H groups in total. The lowest BCUT2D eigenvalue weighted by atomic mass is 10.1. The molecule has 0 unspecified atom stereocenters. The summed E-state index contributed by atoms with van der Waals surface area (Å²) >= 11 is 5.84. The van der Waals surface area contributed by atoms with Crippen LogP contribution in [0.2, 0.25) is 0 Å². The largest absolute Gasteiger partial charge is 0.341 e. The van der Waals surface area contributed by atoms with Gasteiger partial charge in [-0.25, -0.2) is 13.1 Å². The molecule has 28 heavy (non-hydrogen) atoms. The van der Waals surface area contributed by atoms with E-state index in [1.54, 1.807) is 0 Å². The predicted molar refractivity (Wildman–Crippen MR) is 114 cm³/mol. The Morgan fingerprint density at radius 2 is 1.89 bits per heavy atom. The van der Waals surface area contributed by atoms with Gasteiger partial charge < -0.3 is 4.90 Å². The summed E-state index contributed by atoms with van der Waals surface area (Å²) in [5.74, 6) is 2.04. The first-order valence-electron chi connectivity index (χ1n) is 10.7. The molecule has 0 amide bonds. The molecular weight excluding hydrogens is 394 g/mol. The zero-order valence-electron chi connectivity index (χ0n) is 17.1. The van der Waals surface area contributed by atoms with E-state index in [4.69, 9.17) is 17.3 Å². The number of nitrogens with zero attached hydrogens (tertiary/aromatic N) is 5. The standard InChI is InChI=1S/C19H33N5O2S2/c1-15(2)12-22(17-8-11-28(25,26)13-17)14-23-19(27)24(16-6-7-16)18(20-23)21-9-4-3-5-10-21/h15-17H,3-14H2,1-2H3/t17-/m0/s1. The Balaban J connectivity index is 1.60. The second-order valence-corrected chi connectivity index (χ2v) is 11.7. The first kappa shape index (κ1) is 20.3. The molecule has 1 saturated carbocycles. The van der Waals surface area contributed by atoms with Crippen molar-refractivity contribution in [2.24, 2.45) is 5.92 Å². The molecule has 3 fully saturated rings.